The van der Waals surface area contributed by atoms with E-state index in [-0.39, 0.29) is 23.7 Å². The van der Waals surface area contributed by atoms with Crippen molar-refractivity contribution in [3.05, 3.63) is 95.6 Å². The molecule has 1 amide bonds. The quantitative estimate of drug-likeness (QED) is 0.618. The van der Waals surface area contributed by atoms with Crippen molar-refractivity contribution >= 4 is 5.91 Å². The number of carbonyl (C=O) groups excluding carboxylic acids is 1. The molecule has 0 aliphatic carbocycles. The number of likely N-dealkylation sites (N-methyl/N-ethyl adjacent to an activating group) is 1. The maximum Gasteiger partial charge on any atom is 0.240 e. The van der Waals surface area contributed by atoms with Crippen LogP contribution in [0.3, 0.4) is 0 Å². The summed E-state index contributed by atoms with van der Waals surface area (Å²) in [6.45, 7) is 1.28. The van der Waals surface area contributed by atoms with Gasteiger partial charge in [-0.25, -0.2) is 0 Å². The summed E-state index contributed by atoms with van der Waals surface area (Å²) in [4.78, 5) is 14.8. The van der Waals surface area contributed by atoms with Gasteiger partial charge in [0.1, 0.15) is 18.1 Å². The molecule has 1 aliphatic rings. The van der Waals surface area contributed by atoms with Gasteiger partial charge in [0.05, 0.1) is 6.04 Å². The Balaban J connectivity index is 1.30. The van der Waals surface area contributed by atoms with Crippen LogP contribution in [0.15, 0.2) is 78.9 Å². The van der Waals surface area contributed by atoms with Crippen LogP contribution >= 0.6 is 0 Å². The second-order valence-electron chi connectivity index (χ2n) is 8.06. The second kappa shape index (κ2) is 9.67. The van der Waals surface area contributed by atoms with Crippen LogP contribution in [-0.4, -0.2) is 41.6 Å². The molecule has 2 N–H and O–H groups in total. The lowest BCUT2D eigenvalue weighted by Gasteiger charge is -2.38. The number of nitrogens with one attached hydrogen (secondary N) is 1. The average molecular weight is 417 g/mol. The number of benzene rings is 3. The summed E-state index contributed by atoms with van der Waals surface area (Å²) in [7, 11) is 1.88. The number of amides is 1. The molecule has 5 nitrogen and oxygen atoms in total. The highest BCUT2D eigenvalue weighted by Gasteiger charge is 2.32. The van der Waals surface area contributed by atoms with Crippen LogP contribution in [0.5, 0.6) is 11.5 Å². The monoisotopic (exact) mass is 416 g/mol. The first-order valence-electron chi connectivity index (χ1n) is 10.6. The van der Waals surface area contributed by atoms with Gasteiger partial charge >= 0.3 is 0 Å². The number of rotatable bonds is 7. The van der Waals surface area contributed by atoms with Crippen LogP contribution in [0.1, 0.15) is 16.7 Å². The van der Waals surface area contributed by atoms with Gasteiger partial charge in [-0.05, 0) is 53.8 Å². The molecule has 2 atom stereocenters. The van der Waals surface area contributed by atoms with E-state index in [4.69, 9.17) is 4.74 Å². The topological polar surface area (TPSA) is 61.8 Å². The number of nitrogens with zero attached hydrogens (tertiary/aromatic N) is 1. The van der Waals surface area contributed by atoms with E-state index in [9.17, 15) is 9.90 Å². The largest absolute Gasteiger partial charge is 0.508 e. The van der Waals surface area contributed by atoms with Crippen LogP contribution < -0.4 is 10.1 Å². The number of phenolic OH excluding ortho intramolecular Hbond substituents is 1. The summed E-state index contributed by atoms with van der Waals surface area (Å²) in [5.41, 5.74) is 3.34. The van der Waals surface area contributed by atoms with Crippen LogP contribution in [-0.2, 0) is 24.2 Å². The lowest BCUT2D eigenvalue weighted by atomic mass is 9.97. The minimum atomic E-state index is -0.225. The van der Waals surface area contributed by atoms with E-state index >= 15 is 0 Å². The van der Waals surface area contributed by atoms with Gasteiger partial charge in [-0.3, -0.25) is 4.79 Å². The summed E-state index contributed by atoms with van der Waals surface area (Å²) in [6.07, 6.45) is 1.41. The van der Waals surface area contributed by atoms with E-state index in [1.165, 1.54) is 0 Å². The van der Waals surface area contributed by atoms with Gasteiger partial charge in [-0.15, -0.1) is 0 Å². The Hall–Kier alpha value is -3.31. The number of hydrogen-bond acceptors (Lipinski definition) is 4. The predicted molar refractivity (Wildman–Crippen MR) is 121 cm³/mol. The summed E-state index contributed by atoms with van der Waals surface area (Å²) >= 11 is 0. The lowest BCUT2D eigenvalue weighted by Crippen LogP contribution is -2.60. The fraction of sp³-hybridized carbons (Fsp3) is 0.269. The second-order valence-corrected chi connectivity index (χ2v) is 8.06. The Morgan fingerprint density at radius 1 is 0.903 bits per heavy atom. The first-order valence-corrected chi connectivity index (χ1v) is 10.6. The summed E-state index contributed by atoms with van der Waals surface area (Å²) < 4.78 is 5.85. The molecule has 3 aromatic carbocycles. The molecule has 3 aromatic rings. The zero-order valence-corrected chi connectivity index (χ0v) is 17.7. The van der Waals surface area contributed by atoms with Gasteiger partial charge in [0.25, 0.3) is 0 Å². The first-order chi connectivity index (χ1) is 15.1. The number of ether oxygens (including phenoxy) is 1. The van der Waals surface area contributed by atoms with Crippen molar-refractivity contribution in [2.24, 2.45) is 0 Å². The number of piperazine rings is 1. The van der Waals surface area contributed by atoms with Gasteiger partial charge in [-0.2, -0.15) is 0 Å². The van der Waals surface area contributed by atoms with E-state index in [1.54, 1.807) is 12.1 Å². The minimum Gasteiger partial charge on any atom is -0.508 e. The molecule has 0 unspecified atom stereocenters. The Morgan fingerprint density at radius 3 is 2.26 bits per heavy atom. The third-order valence-corrected chi connectivity index (χ3v) is 5.81. The highest BCUT2D eigenvalue weighted by Crippen LogP contribution is 2.19. The smallest absolute Gasteiger partial charge is 0.240 e. The van der Waals surface area contributed by atoms with E-state index in [1.807, 2.05) is 78.7 Å². The van der Waals surface area contributed by atoms with Gasteiger partial charge in [0.2, 0.25) is 5.91 Å². The van der Waals surface area contributed by atoms with Crippen molar-refractivity contribution in [3.63, 3.8) is 0 Å². The molecule has 31 heavy (non-hydrogen) atoms. The summed E-state index contributed by atoms with van der Waals surface area (Å²) in [5, 5.41) is 12.9. The molecule has 0 saturated carbocycles. The van der Waals surface area contributed by atoms with Gasteiger partial charge in [0, 0.05) is 19.6 Å². The van der Waals surface area contributed by atoms with Crippen LogP contribution in [0, 0.1) is 0 Å². The highest BCUT2D eigenvalue weighted by atomic mass is 16.5. The van der Waals surface area contributed by atoms with Gasteiger partial charge in [-0.1, -0.05) is 54.6 Å². The Morgan fingerprint density at radius 2 is 1.55 bits per heavy atom. The standard InChI is InChI=1S/C26H28N2O3/c1-28-22(15-19-7-11-23(29)12-8-19)17-27-25(26(28)30)16-20-9-13-24(14-10-20)31-18-21-5-3-2-4-6-21/h2-14,22,25,27,29H,15-18H2,1H3/t22-,25-/m0/s1. The number of aromatic hydroxyl groups is 1. The van der Waals surface area contributed by atoms with Crippen molar-refractivity contribution in [1.82, 2.24) is 10.2 Å². The molecular weight excluding hydrogens is 388 g/mol. The lowest BCUT2D eigenvalue weighted by molar-refractivity contribution is -0.136. The third-order valence-electron chi connectivity index (χ3n) is 5.81. The van der Waals surface area contributed by atoms with Crippen molar-refractivity contribution in [2.75, 3.05) is 13.6 Å². The van der Waals surface area contributed by atoms with Gasteiger partial charge < -0.3 is 20.1 Å². The van der Waals surface area contributed by atoms with E-state index in [0.29, 0.717) is 13.0 Å². The number of hydrogen-bond donors (Lipinski definition) is 2. The van der Waals surface area contributed by atoms with E-state index < -0.39 is 0 Å². The molecule has 0 aromatic heterocycles. The molecule has 160 valence electrons. The van der Waals surface area contributed by atoms with Crippen LogP contribution in [0.25, 0.3) is 0 Å². The van der Waals surface area contributed by atoms with Crippen LogP contribution in [0.2, 0.25) is 0 Å². The first kappa shape index (κ1) is 20.9. The summed E-state index contributed by atoms with van der Waals surface area (Å²) in [6, 6.07) is 25.1. The predicted octanol–water partition coefficient (Wildman–Crippen LogP) is 3.56. The van der Waals surface area contributed by atoms with Gasteiger partial charge in [0.15, 0.2) is 0 Å². The SMILES string of the molecule is CN1C(=O)[C@H](Cc2ccc(OCc3ccccc3)cc2)NC[C@@H]1Cc1ccc(O)cc1. The third kappa shape index (κ3) is 5.44. The maximum atomic E-state index is 12.9. The minimum absolute atomic E-state index is 0.0991. The average Bonchev–Trinajstić information content (AvgIpc) is 2.80. The zero-order chi connectivity index (χ0) is 21.6. The Bertz CT molecular complexity index is 987. The molecule has 4 rings (SSSR count). The Labute approximate surface area is 183 Å². The number of phenols is 1. The van der Waals surface area contributed by atoms with Crippen molar-refractivity contribution in [2.45, 2.75) is 31.5 Å². The molecule has 1 aliphatic heterocycles. The van der Waals surface area contributed by atoms with Crippen molar-refractivity contribution in [3.8, 4) is 11.5 Å². The Kier molecular flexibility index (Phi) is 6.53. The van der Waals surface area contributed by atoms with Crippen molar-refractivity contribution in [1.29, 1.82) is 0 Å². The molecule has 0 bridgehead atoms. The molecular formula is C26H28N2O3. The van der Waals surface area contributed by atoms with Crippen LogP contribution in [0.4, 0.5) is 0 Å². The van der Waals surface area contributed by atoms with Crippen molar-refractivity contribution < 1.29 is 14.6 Å². The fourth-order valence-corrected chi connectivity index (χ4v) is 3.90. The molecule has 0 spiro atoms. The normalized spacial score (nSPS) is 18.7. The fourth-order valence-electron chi connectivity index (χ4n) is 3.90. The molecule has 1 fully saturated rings. The van der Waals surface area contributed by atoms with E-state index in [2.05, 4.69) is 5.32 Å². The summed E-state index contributed by atoms with van der Waals surface area (Å²) in [5.74, 6) is 1.19. The molecule has 5 heteroatoms. The zero-order valence-electron chi connectivity index (χ0n) is 17.7. The molecule has 1 saturated heterocycles. The highest BCUT2D eigenvalue weighted by molar-refractivity contribution is 5.83. The molecule has 0 radical (unpaired) electrons. The maximum absolute atomic E-state index is 12.9. The number of carbonyl (C=O) groups is 1. The van der Waals surface area contributed by atoms with E-state index in [0.717, 1.165) is 35.4 Å². The molecule has 1 heterocycles.